The van der Waals surface area contributed by atoms with E-state index >= 15 is 0 Å². The van der Waals surface area contributed by atoms with Crippen molar-refractivity contribution >= 4 is 23.6 Å². The summed E-state index contributed by atoms with van der Waals surface area (Å²) in [6, 6.07) is -0.341. The van der Waals surface area contributed by atoms with Crippen LogP contribution in [0.15, 0.2) is 0 Å². The first-order valence-corrected chi connectivity index (χ1v) is 8.02. The number of carbonyl (C=O) groups excluding carboxylic acids is 2. The molecule has 1 fully saturated rings. The molecule has 0 saturated carbocycles. The molecule has 1 saturated heterocycles. The topological polar surface area (TPSA) is 49.4 Å². The first-order valence-electron chi connectivity index (χ1n) is 6.62. The Balaban J connectivity index is 2.87. The zero-order valence-corrected chi connectivity index (χ0v) is 12.6. The van der Waals surface area contributed by atoms with Crippen molar-refractivity contribution in [3.8, 4) is 0 Å². The van der Waals surface area contributed by atoms with Gasteiger partial charge < -0.3 is 10.2 Å². The summed E-state index contributed by atoms with van der Waals surface area (Å²) in [5, 5.41) is 2.84. The average molecular weight is 272 g/mol. The van der Waals surface area contributed by atoms with Crippen LogP contribution in [0.1, 0.15) is 40.0 Å². The van der Waals surface area contributed by atoms with Crippen LogP contribution >= 0.6 is 11.8 Å². The Morgan fingerprint density at radius 2 is 2.06 bits per heavy atom. The van der Waals surface area contributed by atoms with E-state index in [1.54, 1.807) is 16.7 Å². The van der Waals surface area contributed by atoms with Gasteiger partial charge in [0, 0.05) is 6.54 Å². The van der Waals surface area contributed by atoms with Gasteiger partial charge in [0.1, 0.15) is 11.6 Å². The molecular formula is C13H24N2O2S. The van der Waals surface area contributed by atoms with Gasteiger partial charge in [-0.1, -0.05) is 13.8 Å². The smallest absolute Gasteiger partial charge is 0.246 e. The standard InChI is InChI=1S/C13H24N2O2S/c1-5-10-11(16)15(8-7-9-18-4)13(3,6-2)12(17)14-10/h10H,5-9H2,1-4H3,(H,14,17). The van der Waals surface area contributed by atoms with E-state index in [0.29, 0.717) is 19.4 Å². The van der Waals surface area contributed by atoms with Crippen molar-refractivity contribution < 1.29 is 9.59 Å². The molecular weight excluding hydrogens is 248 g/mol. The number of hydrogen-bond donors (Lipinski definition) is 1. The highest BCUT2D eigenvalue weighted by Crippen LogP contribution is 2.26. The number of rotatable bonds is 6. The molecule has 1 rings (SSSR count). The molecule has 0 spiro atoms. The third-order valence-corrected chi connectivity index (χ3v) is 4.48. The highest BCUT2D eigenvalue weighted by Gasteiger charge is 2.47. The number of nitrogens with one attached hydrogen (secondary N) is 1. The van der Waals surface area contributed by atoms with Crippen molar-refractivity contribution in [3.05, 3.63) is 0 Å². The second-order valence-corrected chi connectivity index (χ2v) is 5.88. The Morgan fingerprint density at radius 3 is 2.56 bits per heavy atom. The van der Waals surface area contributed by atoms with Gasteiger partial charge in [-0.2, -0.15) is 11.8 Å². The van der Waals surface area contributed by atoms with Crippen molar-refractivity contribution in [1.29, 1.82) is 0 Å². The van der Waals surface area contributed by atoms with Crippen molar-refractivity contribution in [2.45, 2.75) is 51.6 Å². The van der Waals surface area contributed by atoms with E-state index in [1.165, 1.54) is 0 Å². The fraction of sp³-hybridized carbons (Fsp3) is 0.846. The number of thioether (sulfide) groups is 1. The fourth-order valence-corrected chi connectivity index (χ4v) is 2.70. The number of amides is 2. The molecule has 2 unspecified atom stereocenters. The molecule has 0 aliphatic carbocycles. The van der Waals surface area contributed by atoms with Crippen LogP contribution in [0.3, 0.4) is 0 Å². The van der Waals surface area contributed by atoms with E-state index in [-0.39, 0.29) is 17.9 Å². The van der Waals surface area contributed by atoms with E-state index in [9.17, 15) is 9.59 Å². The quantitative estimate of drug-likeness (QED) is 0.748. The third kappa shape index (κ3) is 2.82. The minimum absolute atomic E-state index is 0.0133. The van der Waals surface area contributed by atoms with Gasteiger partial charge in [0.25, 0.3) is 0 Å². The number of carbonyl (C=O) groups is 2. The molecule has 1 heterocycles. The van der Waals surface area contributed by atoms with Gasteiger partial charge in [-0.3, -0.25) is 9.59 Å². The summed E-state index contributed by atoms with van der Waals surface area (Å²) in [6.45, 7) is 6.43. The molecule has 2 amide bonds. The van der Waals surface area contributed by atoms with Crippen LogP contribution in [-0.4, -0.2) is 46.8 Å². The van der Waals surface area contributed by atoms with Crippen LogP contribution in [0.2, 0.25) is 0 Å². The largest absolute Gasteiger partial charge is 0.342 e. The van der Waals surface area contributed by atoms with E-state index in [1.807, 2.05) is 20.8 Å². The molecule has 0 aromatic heterocycles. The van der Waals surface area contributed by atoms with E-state index in [4.69, 9.17) is 0 Å². The zero-order valence-electron chi connectivity index (χ0n) is 11.8. The highest BCUT2D eigenvalue weighted by atomic mass is 32.2. The maximum atomic E-state index is 12.4. The number of piperazine rings is 1. The van der Waals surface area contributed by atoms with Crippen LogP contribution in [0.25, 0.3) is 0 Å². The molecule has 104 valence electrons. The molecule has 2 atom stereocenters. The molecule has 1 aliphatic rings. The minimum atomic E-state index is -0.679. The summed E-state index contributed by atoms with van der Waals surface area (Å²) in [7, 11) is 0. The van der Waals surface area contributed by atoms with Crippen molar-refractivity contribution in [2.24, 2.45) is 0 Å². The summed E-state index contributed by atoms with van der Waals surface area (Å²) in [5.41, 5.74) is -0.679. The fourth-order valence-electron chi connectivity index (χ4n) is 2.28. The lowest BCUT2D eigenvalue weighted by Crippen LogP contribution is -2.69. The second kappa shape index (κ2) is 6.45. The second-order valence-electron chi connectivity index (χ2n) is 4.90. The van der Waals surface area contributed by atoms with Gasteiger partial charge in [0.15, 0.2) is 0 Å². The molecule has 0 aromatic rings. The third-order valence-electron chi connectivity index (χ3n) is 3.78. The molecule has 0 radical (unpaired) electrons. The normalized spacial score (nSPS) is 28.4. The first-order chi connectivity index (χ1) is 8.51. The minimum Gasteiger partial charge on any atom is -0.342 e. The molecule has 1 aliphatic heterocycles. The number of nitrogens with zero attached hydrogens (tertiary/aromatic N) is 1. The predicted molar refractivity (Wildman–Crippen MR) is 75.6 cm³/mol. The van der Waals surface area contributed by atoms with Crippen LogP contribution in [0.4, 0.5) is 0 Å². The molecule has 0 bridgehead atoms. The summed E-state index contributed by atoms with van der Waals surface area (Å²) in [5.74, 6) is 1.07. The Bertz CT molecular complexity index is 322. The van der Waals surface area contributed by atoms with E-state index in [2.05, 4.69) is 11.6 Å². The molecule has 5 heteroatoms. The van der Waals surface area contributed by atoms with Gasteiger partial charge >= 0.3 is 0 Å². The maximum absolute atomic E-state index is 12.4. The summed E-state index contributed by atoms with van der Waals surface area (Å²) >= 11 is 1.77. The molecule has 18 heavy (non-hydrogen) atoms. The lowest BCUT2D eigenvalue weighted by atomic mass is 9.90. The predicted octanol–water partition coefficient (Wildman–Crippen LogP) is 1.65. The Morgan fingerprint density at radius 1 is 1.39 bits per heavy atom. The molecule has 0 aromatic carbocycles. The van der Waals surface area contributed by atoms with Gasteiger partial charge in [0.05, 0.1) is 0 Å². The SMILES string of the molecule is CCC1NC(=O)C(C)(CC)N(CCCSC)C1=O. The maximum Gasteiger partial charge on any atom is 0.246 e. The number of hydrogen-bond acceptors (Lipinski definition) is 3. The molecule has 4 nitrogen and oxygen atoms in total. The Labute approximate surface area is 114 Å². The van der Waals surface area contributed by atoms with Crippen LogP contribution in [0.5, 0.6) is 0 Å². The lowest BCUT2D eigenvalue weighted by Gasteiger charge is -2.46. The summed E-state index contributed by atoms with van der Waals surface area (Å²) in [4.78, 5) is 26.4. The van der Waals surface area contributed by atoms with Crippen LogP contribution in [0, 0.1) is 0 Å². The average Bonchev–Trinajstić information content (AvgIpc) is 2.38. The van der Waals surface area contributed by atoms with Gasteiger partial charge in [0.2, 0.25) is 11.8 Å². The van der Waals surface area contributed by atoms with Crippen molar-refractivity contribution in [2.75, 3.05) is 18.6 Å². The van der Waals surface area contributed by atoms with Crippen LogP contribution in [-0.2, 0) is 9.59 Å². The van der Waals surface area contributed by atoms with Crippen molar-refractivity contribution in [1.82, 2.24) is 10.2 Å². The first kappa shape index (κ1) is 15.3. The van der Waals surface area contributed by atoms with Gasteiger partial charge in [-0.05, 0) is 38.2 Å². The monoisotopic (exact) mass is 272 g/mol. The summed E-state index contributed by atoms with van der Waals surface area (Å²) < 4.78 is 0. The van der Waals surface area contributed by atoms with Gasteiger partial charge in [-0.25, -0.2) is 0 Å². The molecule has 1 N–H and O–H groups in total. The van der Waals surface area contributed by atoms with E-state index in [0.717, 1.165) is 12.2 Å². The zero-order chi connectivity index (χ0) is 13.8. The van der Waals surface area contributed by atoms with Crippen LogP contribution < -0.4 is 5.32 Å². The summed E-state index contributed by atoms with van der Waals surface area (Å²) in [6.07, 6.45) is 4.30. The lowest BCUT2D eigenvalue weighted by molar-refractivity contribution is -0.156. The Hall–Kier alpha value is -0.710. The Kier molecular flexibility index (Phi) is 5.50. The van der Waals surface area contributed by atoms with E-state index < -0.39 is 5.54 Å². The van der Waals surface area contributed by atoms with Crippen molar-refractivity contribution in [3.63, 3.8) is 0 Å². The highest BCUT2D eigenvalue weighted by molar-refractivity contribution is 7.98. The van der Waals surface area contributed by atoms with Gasteiger partial charge in [-0.15, -0.1) is 0 Å².